The summed E-state index contributed by atoms with van der Waals surface area (Å²) in [4.78, 5) is 22.3. The minimum absolute atomic E-state index is 0.328. The Hall–Kier alpha value is -1.65. The molecule has 20 heavy (non-hydrogen) atoms. The maximum Gasteiger partial charge on any atom is 0.311 e. The number of carbonyl (C=O) groups is 1. The van der Waals surface area contributed by atoms with Crippen LogP contribution in [0, 0.1) is 5.41 Å². The van der Waals surface area contributed by atoms with Gasteiger partial charge in [0.05, 0.1) is 5.41 Å². The average Bonchev–Trinajstić information content (AvgIpc) is 2.47. The number of anilines is 1. The molecule has 1 unspecified atom stereocenters. The summed E-state index contributed by atoms with van der Waals surface area (Å²) in [6.07, 6.45) is 5.68. The van der Waals surface area contributed by atoms with Crippen LogP contribution in [-0.4, -0.2) is 34.1 Å². The van der Waals surface area contributed by atoms with Gasteiger partial charge < -0.3 is 10.0 Å². The first kappa shape index (κ1) is 14.8. The summed E-state index contributed by atoms with van der Waals surface area (Å²) >= 11 is 0. The predicted molar refractivity (Wildman–Crippen MR) is 77.9 cm³/mol. The van der Waals surface area contributed by atoms with Crippen LogP contribution in [0.1, 0.15) is 51.5 Å². The van der Waals surface area contributed by atoms with Crippen LogP contribution in [0.4, 0.5) is 5.82 Å². The van der Waals surface area contributed by atoms with Gasteiger partial charge in [-0.15, -0.1) is 0 Å². The molecule has 1 atom stereocenters. The van der Waals surface area contributed by atoms with Gasteiger partial charge in [0.2, 0.25) is 0 Å². The zero-order valence-corrected chi connectivity index (χ0v) is 12.5. The number of carboxylic acids is 1. The van der Waals surface area contributed by atoms with Crippen molar-refractivity contribution in [3.63, 3.8) is 0 Å². The number of carboxylic acid groups (broad SMARTS) is 1. The highest BCUT2D eigenvalue weighted by Crippen LogP contribution is 2.37. The summed E-state index contributed by atoms with van der Waals surface area (Å²) in [5.41, 5.74) is 0.446. The maximum atomic E-state index is 11.6. The second kappa shape index (κ2) is 5.77. The molecule has 0 saturated carbocycles. The first-order valence-electron chi connectivity index (χ1n) is 7.28. The van der Waals surface area contributed by atoms with Crippen LogP contribution in [0.15, 0.2) is 12.5 Å². The van der Waals surface area contributed by atoms with Gasteiger partial charge in [-0.1, -0.05) is 20.8 Å². The van der Waals surface area contributed by atoms with E-state index in [-0.39, 0.29) is 0 Å². The van der Waals surface area contributed by atoms with E-state index >= 15 is 0 Å². The lowest BCUT2D eigenvalue weighted by Gasteiger charge is -2.40. The van der Waals surface area contributed by atoms with Crippen molar-refractivity contribution in [1.29, 1.82) is 0 Å². The quantitative estimate of drug-likeness (QED) is 0.916. The van der Waals surface area contributed by atoms with E-state index in [0.717, 1.165) is 30.8 Å². The minimum atomic E-state index is -0.690. The Balaban J connectivity index is 2.32. The molecule has 2 rings (SSSR count). The van der Waals surface area contributed by atoms with Crippen LogP contribution in [0.25, 0.3) is 0 Å². The van der Waals surface area contributed by atoms with Crippen molar-refractivity contribution in [3.05, 3.63) is 18.1 Å². The van der Waals surface area contributed by atoms with Gasteiger partial charge in [0.15, 0.2) is 0 Å². The largest absolute Gasteiger partial charge is 0.481 e. The third-order valence-corrected chi connectivity index (χ3v) is 4.35. The van der Waals surface area contributed by atoms with Gasteiger partial charge in [0.1, 0.15) is 12.1 Å². The summed E-state index contributed by atoms with van der Waals surface area (Å²) in [6.45, 7) is 7.58. The van der Waals surface area contributed by atoms with E-state index in [1.165, 1.54) is 0 Å². The molecular formula is C15H23N3O2. The average molecular weight is 277 g/mol. The Morgan fingerprint density at radius 2 is 2.30 bits per heavy atom. The fourth-order valence-electron chi connectivity index (χ4n) is 2.93. The highest BCUT2D eigenvalue weighted by atomic mass is 16.4. The fraction of sp³-hybridized carbons (Fsp3) is 0.667. The second-order valence-corrected chi connectivity index (χ2v) is 5.92. The first-order valence-corrected chi connectivity index (χ1v) is 7.28. The van der Waals surface area contributed by atoms with Gasteiger partial charge in [-0.2, -0.15) is 0 Å². The Morgan fingerprint density at radius 1 is 1.55 bits per heavy atom. The zero-order chi connectivity index (χ0) is 14.8. The Bertz CT molecular complexity index is 490. The number of hydrogen-bond donors (Lipinski definition) is 1. The third kappa shape index (κ3) is 2.62. The Morgan fingerprint density at radius 3 is 2.90 bits per heavy atom. The number of piperidine rings is 1. The molecule has 1 aliphatic rings. The number of hydrogen-bond acceptors (Lipinski definition) is 4. The molecule has 0 amide bonds. The van der Waals surface area contributed by atoms with Crippen molar-refractivity contribution < 1.29 is 9.90 Å². The lowest BCUT2D eigenvalue weighted by Crippen LogP contribution is -2.48. The lowest BCUT2D eigenvalue weighted by atomic mass is 9.77. The molecule has 5 heteroatoms. The third-order valence-electron chi connectivity index (χ3n) is 4.35. The molecule has 1 aliphatic heterocycles. The molecule has 0 aromatic carbocycles. The van der Waals surface area contributed by atoms with E-state index in [2.05, 4.69) is 28.7 Å². The maximum absolute atomic E-state index is 11.6. The zero-order valence-electron chi connectivity index (χ0n) is 12.5. The standard InChI is InChI=1S/C15H23N3O2/c1-4-15(14(19)20)6-5-7-18(9-15)13-12(11(2)3)8-16-10-17-13/h8,10-11H,4-7,9H2,1-3H3,(H,19,20). The molecule has 5 nitrogen and oxygen atoms in total. The summed E-state index contributed by atoms with van der Waals surface area (Å²) in [6, 6.07) is 0. The van der Waals surface area contributed by atoms with Crippen molar-refractivity contribution in [2.75, 3.05) is 18.0 Å². The molecule has 1 saturated heterocycles. The predicted octanol–water partition coefficient (Wildman–Crippen LogP) is 2.68. The summed E-state index contributed by atoms with van der Waals surface area (Å²) in [7, 11) is 0. The van der Waals surface area contributed by atoms with Gasteiger partial charge in [-0.25, -0.2) is 9.97 Å². The highest BCUT2D eigenvalue weighted by Gasteiger charge is 2.41. The number of nitrogens with zero attached hydrogens (tertiary/aromatic N) is 3. The van der Waals surface area contributed by atoms with Crippen LogP contribution in [-0.2, 0) is 4.79 Å². The molecule has 1 N–H and O–H groups in total. The number of aromatic nitrogens is 2. The van der Waals surface area contributed by atoms with Crippen molar-refractivity contribution in [2.24, 2.45) is 5.41 Å². The molecule has 110 valence electrons. The van der Waals surface area contributed by atoms with E-state index in [9.17, 15) is 9.90 Å². The SMILES string of the molecule is CCC1(C(=O)O)CCCN(c2ncncc2C(C)C)C1. The van der Waals surface area contributed by atoms with E-state index in [0.29, 0.717) is 18.9 Å². The van der Waals surface area contributed by atoms with Crippen molar-refractivity contribution in [3.8, 4) is 0 Å². The number of rotatable bonds is 4. The van der Waals surface area contributed by atoms with Crippen LogP contribution in [0.2, 0.25) is 0 Å². The molecule has 0 aliphatic carbocycles. The molecule has 1 aromatic heterocycles. The van der Waals surface area contributed by atoms with Gasteiger partial charge in [0.25, 0.3) is 0 Å². The highest BCUT2D eigenvalue weighted by molar-refractivity contribution is 5.76. The van der Waals surface area contributed by atoms with Gasteiger partial charge in [-0.3, -0.25) is 4.79 Å². The summed E-state index contributed by atoms with van der Waals surface area (Å²) < 4.78 is 0. The summed E-state index contributed by atoms with van der Waals surface area (Å²) in [5, 5.41) is 9.57. The number of aliphatic carboxylic acids is 1. The lowest BCUT2D eigenvalue weighted by molar-refractivity contribution is -0.149. The van der Waals surface area contributed by atoms with E-state index < -0.39 is 11.4 Å². The topological polar surface area (TPSA) is 66.3 Å². The van der Waals surface area contributed by atoms with Crippen molar-refractivity contribution in [1.82, 2.24) is 9.97 Å². The molecule has 1 aromatic rings. The summed E-state index contributed by atoms with van der Waals surface area (Å²) in [5.74, 6) is 0.535. The van der Waals surface area contributed by atoms with Crippen LogP contribution >= 0.6 is 0 Å². The Labute approximate surface area is 120 Å². The van der Waals surface area contributed by atoms with Gasteiger partial charge in [0, 0.05) is 24.8 Å². The van der Waals surface area contributed by atoms with Gasteiger partial charge >= 0.3 is 5.97 Å². The molecule has 0 spiro atoms. The molecular weight excluding hydrogens is 254 g/mol. The van der Waals surface area contributed by atoms with E-state index in [4.69, 9.17) is 0 Å². The fourth-order valence-corrected chi connectivity index (χ4v) is 2.93. The van der Waals surface area contributed by atoms with Crippen LogP contribution < -0.4 is 4.90 Å². The van der Waals surface area contributed by atoms with E-state index in [1.54, 1.807) is 6.33 Å². The first-order chi connectivity index (χ1) is 9.50. The van der Waals surface area contributed by atoms with Gasteiger partial charge in [-0.05, 0) is 25.2 Å². The molecule has 1 fully saturated rings. The van der Waals surface area contributed by atoms with Crippen LogP contribution in [0.3, 0.4) is 0 Å². The minimum Gasteiger partial charge on any atom is -0.481 e. The normalized spacial score (nSPS) is 23.1. The van der Waals surface area contributed by atoms with Crippen molar-refractivity contribution >= 4 is 11.8 Å². The van der Waals surface area contributed by atoms with Crippen LogP contribution in [0.5, 0.6) is 0 Å². The molecule has 0 radical (unpaired) electrons. The van der Waals surface area contributed by atoms with E-state index in [1.807, 2.05) is 13.1 Å². The second-order valence-electron chi connectivity index (χ2n) is 5.92. The van der Waals surface area contributed by atoms with Crippen molar-refractivity contribution in [2.45, 2.75) is 46.0 Å². The molecule has 2 heterocycles. The smallest absolute Gasteiger partial charge is 0.311 e. The monoisotopic (exact) mass is 277 g/mol. The molecule has 0 bridgehead atoms. The Kier molecular flexibility index (Phi) is 4.26.